The Balaban J connectivity index is 1.37. The Kier molecular flexibility index (Phi) is 6.20. The van der Waals surface area contributed by atoms with E-state index in [0.29, 0.717) is 28.0 Å². The van der Waals surface area contributed by atoms with Crippen LogP contribution in [0.15, 0.2) is 46.8 Å². The predicted octanol–water partition coefficient (Wildman–Crippen LogP) is 2.40. The van der Waals surface area contributed by atoms with Gasteiger partial charge in [-0.05, 0) is 36.4 Å². The largest absolute Gasteiger partial charge is 0.376 e. The molecule has 30 heavy (non-hydrogen) atoms. The number of fused-ring (bicyclic) bond motifs is 1. The fourth-order valence-corrected chi connectivity index (χ4v) is 4.11. The summed E-state index contributed by atoms with van der Waals surface area (Å²) >= 11 is 1.40. The number of aromatic nitrogens is 2. The molecule has 0 aliphatic carbocycles. The summed E-state index contributed by atoms with van der Waals surface area (Å²) in [6.07, 6.45) is 3.53. The molecule has 2 N–H and O–H groups in total. The molecule has 1 atom stereocenters. The smallest absolute Gasteiger partial charge is 0.262 e. The second-order valence-corrected chi connectivity index (χ2v) is 7.97. The monoisotopic (exact) mass is 426 g/mol. The normalized spacial score (nSPS) is 15.9. The van der Waals surface area contributed by atoms with Gasteiger partial charge in [0.05, 0.1) is 29.1 Å². The average Bonchev–Trinajstić information content (AvgIpc) is 3.44. The number of nitrogens with one attached hydrogen (secondary N) is 2. The van der Waals surface area contributed by atoms with Gasteiger partial charge in [-0.1, -0.05) is 12.1 Å². The quantitative estimate of drug-likeness (QED) is 0.604. The molecular weight excluding hydrogens is 404 g/mol. The second kappa shape index (κ2) is 9.19. The molecule has 156 valence electrons. The van der Waals surface area contributed by atoms with E-state index in [-0.39, 0.29) is 36.4 Å². The number of carbonyl (C=O) groups excluding carboxylic acids is 2. The van der Waals surface area contributed by atoms with Crippen LogP contribution in [0.1, 0.15) is 29.6 Å². The maximum atomic E-state index is 12.6. The Morgan fingerprint density at radius 2 is 2.13 bits per heavy atom. The molecule has 2 amide bonds. The zero-order valence-corrected chi connectivity index (χ0v) is 17.1. The first-order chi connectivity index (χ1) is 14.6. The molecule has 9 heteroatoms. The van der Waals surface area contributed by atoms with Crippen LogP contribution in [0.4, 0.5) is 5.69 Å². The fourth-order valence-electron chi connectivity index (χ4n) is 3.38. The molecule has 1 aliphatic rings. The van der Waals surface area contributed by atoms with E-state index in [0.717, 1.165) is 19.4 Å². The highest BCUT2D eigenvalue weighted by molar-refractivity contribution is 7.16. The van der Waals surface area contributed by atoms with Gasteiger partial charge in [-0.25, -0.2) is 4.98 Å². The van der Waals surface area contributed by atoms with Crippen molar-refractivity contribution in [2.75, 3.05) is 18.5 Å². The summed E-state index contributed by atoms with van der Waals surface area (Å²) in [5.74, 6) is -0.545. The third kappa shape index (κ3) is 4.58. The summed E-state index contributed by atoms with van der Waals surface area (Å²) in [6, 6.07) is 8.59. The van der Waals surface area contributed by atoms with Crippen LogP contribution in [0.3, 0.4) is 0 Å². The summed E-state index contributed by atoms with van der Waals surface area (Å²) in [5, 5.41) is 8.01. The summed E-state index contributed by atoms with van der Waals surface area (Å²) in [4.78, 5) is 42.4. The van der Waals surface area contributed by atoms with E-state index in [1.165, 1.54) is 22.2 Å². The first-order valence-electron chi connectivity index (χ1n) is 9.83. The molecular formula is C21H22N4O4S. The zero-order valence-electron chi connectivity index (χ0n) is 16.3. The maximum absolute atomic E-state index is 12.6. The number of amides is 2. The number of nitrogens with zero attached hydrogens (tertiary/aromatic N) is 2. The van der Waals surface area contributed by atoms with Crippen molar-refractivity contribution in [2.24, 2.45) is 0 Å². The van der Waals surface area contributed by atoms with Gasteiger partial charge in [0.2, 0.25) is 5.91 Å². The topological polar surface area (TPSA) is 102 Å². The molecule has 1 saturated heterocycles. The van der Waals surface area contributed by atoms with Crippen LogP contribution < -0.4 is 16.2 Å². The van der Waals surface area contributed by atoms with Gasteiger partial charge >= 0.3 is 0 Å². The Bertz CT molecular complexity index is 1120. The molecule has 3 heterocycles. The number of benzene rings is 1. The standard InChI is InChI=1S/C21H22N4O4S/c26-18(7-9-25-13-23-20-16(21(25)28)8-11-30-20)24-17-6-2-1-5-15(17)19(27)22-12-14-4-3-10-29-14/h1-2,5-6,8,11,13-14H,3-4,7,9-10,12H2,(H,22,27)(H,24,26). The highest BCUT2D eigenvalue weighted by Gasteiger charge is 2.18. The van der Waals surface area contributed by atoms with Crippen molar-refractivity contribution < 1.29 is 14.3 Å². The Morgan fingerprint density at radius 3 is 2.97 bits per heavy atom. The van der Waals surface area contributed by atoms with Crippen molar-refractivity contribution in [3.63, 3.8) is 0 Å². The van der Waals surface area contributed by atoms with Crippen molar-refractivity contribution in [2.45, 2.75) is 31.9 Å². The summed E-state index contributed by atoms with van der Waals surface area (Å²) in [6.45, 7) is 1.38. The molecule has 0 radical (unpaired) electrons. The highest BCUT2D eigenvalue weighted by atomic mass is 32.1. The van der Waals surface area contributed by atoms with Crippen LogP contribution in [0.5, 0.6) is 0 Å². The number of ether oxygens (including phenoxy) is 1. The molecule has 1 aromatic carbocycles. The van der Waals surface area contributed by atoms with Crippen molar-refractivity contribution in [3.05, 3.63) is 58.0 Å². The lowest BCUT2D eigenvalue weighted by molar-refractivity contribution is -0.116. The minimum atomic E-state index is -0.285. The van der Waals surface area contributed by atoms with E-state index in [9.17, 15) is 14.4 Å². The minimum Gasteiger partial charge on any atom is -0.376 e. The SMILES string of the molecule is O=C(CCn1cnc2sccc2c1=O)Nc1ccccc1C(=O)NCC1CCCO1. The van der Waals surface area contributed by atoms with E-state index < -0.39 is 0 Å². The molecule has 0 saturated carbocycles. The molecule has 0 bridgehead atoms. The van der Waals surface area contributed by atoms with Gasteiger partial charge in [0, 0.05) is 26.1 Å². The second-order valence-electron chi connectivity index (χ2n) is 7.07. The van der Waals surface area contributed by atoms with Gasteiger partial charge in [0.15, 0.2) is 0 Å². The molecule has 0 spiro atoms. The van der Waals surface area contributed by atoms with Crippen LogP contribution >= 0.6 is 11.3 Å². The number of carbonyl (C=O) groups is 2. The van der Waals surface area contributed by atoms with Crippen LogP contribution in [0.2, 0.25) is 0 Å². The molecule has 1 unspecified atom stereocenters. The average molecular weight is 426 g/mol. The van der Waals surface area contributed by atoms with Crippen LogP contribution in [0.25, 0.3) is 10.2 Å². The number of hydrogen-bond acceptors (Lipinski definition) is 6. The van der Waals surface area contributed by atoms with E-state index in [4.69, 9.17) is 4.74 Å². The third-order valence-corrected chi connectivity index (χ3v) is 5.81. The van der Waals surface area contributed by atoms with Gasteiger partial charge in [-0.2, -0.15) is 0 Å². The van der Waals surface area contributed by atoms with Crippen molar-refractivity contribution >= 4 is 39.1 Å². The highest BCUT2D eigenvalue weighted by Crippen LogP contribution is 2.17. The molecule has 4 rings (SSSR count). The number of para-hydroxylation sites is 1. The Hall–Kier alpha value is -3.04. The number of aryl methyl sites for hydroxylation is 1. The number of hydrogen-bond donors (Lipinski definition) is 2. The Labute approximate surface area is 176 Å². The number of thiophene rings is 1. The van der Waals surface area contributed by atoms with Gasteiger partial charge < -0.3 is 15.4 Å². The zero-order chi connectivity index (χ0) is 20.9. The minimum absolute atomic E-state index is 0.0446. The van der Waals surface area contributed by atoms with E-state index in [1.807, 2.05) is 5.38 Å². The van der Waals surface area contributed by atoms with Crippen molar-refractivity contribution in [3.8, 4) is 0 Å². The lowest BCUT2D eigenvalue weighted by atomic mass is 10.1. The third-order valence-electron chi connectivity index (χ3n) is 4.99. The first-order valence-corrected chi connectivity index (χ1v) is 10.7. The molecule has 3 aromatic rings. The molecule has 2 aromatic heterocycles. The fraction of sp³-hybridized carbons (Fsp3) is 0.333. The van der Waals surface area contributed by atoms with Gasteiger partial charge in [-0.3, -0.25) is 19.0 Å². The van der Waals surface area contributed by atoms with Crippen LogP contribution in [0, 0.1) is 0 Å². The summed E-state index contributed by atoms with van der Waals surface area (Å²) in [7, 11) is 0. The summed E-state index contributed by atoms with van der Waals surface area (Å²) in [5.41, 5.74) is 0.663. The van der Waals surface area contributed by atoms with Crippen LogP contribution in [-0.2, 0) is 16.1 Å². The lowest BCUT2D eigenvalue weighted by Gasteiger charge is -2.14. The van der Waals surface area contributed by atoms with E-state index in [1.54, 1.807) is 30.3 Å². The van der Waals surface area contributed by atoms with Crippen molar-refractivity contribution in [1.29, 1.82) is 0 Å². The Morgan fingerprint density at radius 1 is 1.27 bits per heavy atom. The maximum Gasteiger partial charge on any atom is 0.262 e. The van der Waals surface area contributed by atoms with Gasteiger partial charge in [0.1, 0.15) is 4.83 Å². The van der Waals surface area contributed by atoms with Gasteiger partial charge in [0.25, 0.3) is 11.5 Å². The van der Waals surface area contributed by atoms with Crippen LogP contribution in [-0.4, -0.2) is 40.6 Å². The predicted molar refractivity (Wildman–Crippen MR) is 115 cm³/mol. The molecule has 8 nitrogen and oxygen atoms in total. The first kappa shape index (κ1) is 20.2. The number of anilines is 1. The van der Waals surface area contributed by atoms with Crippen molar-refractivity contribution in [1.82, 2.24) is 14.9 Å². The van der Waals surface area contributed by atoms with E-state index >= 15 is 0 Å². The van der Waals surface area contributed by atoms with E-state index in [2.05, 4.69) is 15.6 Å². The molecule has 1 aliphatic heterocycles. The van der Waals surface area contributed by atoms with Gasteiger partial charge in [-0.15, -0.1) is 11.3 Å². The summed E-state index contributed by atoms with van der Waals surface area (Å²) < 4.78 is 6.95. The number of rotatable bonds is 7. The molecule has 1 fully saturated rings. The lowest BCUT2D eigenvalue weighted by Crippen LogP contribution is -2.32.